The summed E-state index contributed by atoms with van der Waals surface area (Å²) in [6, 6.07) is 7.29. The van der Waals surface area contributed by atoms with Gasteiger partial charge in [-0.2, -0.15) is 0 Å². The minimum Gasteiger partial charge on any atom is -0.496 e. The summed E-state index contributed by atoms with van der Waals surface area (Å²) in [7, 11) is 1.55. The molecule has 0 aliphatic heterocycles. The van der Waals surface area contributed by atoms with Crippen molar-refractivity contribution in [3.05, 3.63) is 52.3 Å². The highest BCUT2D eigenvalue weighted by Crippen LogP contribution is 2.20. The van der Waals surface area contributed by atoms with Crippen molar-refractivity contribution in [1.29, 1.82) is 0 Å². The summed E-state index contributed by atoms with van der Waals surface area (Å²) in [6.07, 6.45) is 0. The minimum atomic E-state index is -0.686. The first-order valence-corrected chi connectivity index (χ1v) is 8.81. The topological polar surface area (TPSA) is 107 Å². The first-order valence-electron chi connectivity index (χ1n) is 8.81. The van der Waals surface area contributed by atoms with Crippen molar-refractivity contribution in [1.82, 2.24) is 10.3 Å². The highest BCUT2D eigenvalue weighted by molar-refractivity contribution is 5.99. The summed E-state index contributed by atoms with van der Waals surface area (Å²) in [5.74, 6) is -1.02. The Hall–Kier alpha value is -3.29. The summed E-state index contributed by atoms with van der Waals surface area (Å²) >= 11 is 0. The van der Waals surface area contributed by atoms with Gasteiger partial charge in [0.1, 0.15) is 11.4 Å². The minimum absolute atomic E-state index is 0.201. The predicted octanol–water partition coefficient (Wildman–Crippen LogP) is 2.29. The maximum atomic E-state index is 12.4. The van der Waals surface area contributed by atoms with Gasteiger partial charge in [0.15, 0.2) is 6.61 Å². The zero-order chi connectivity index (χ0) is 20.7. The number of benzene rings is 1. The van der Waals surface area contributed by atoms with Crippen LogP contribution < -0.4 is 10.1 Å². The molecule has 1 aromatic heterocycles. The average Bonchev–Trinajstić information content (AvgIpc) is 2.99. The molecule has 1 aromatic carbocycles. The normalized spacial score (nSPS) is 10.3. The molecule has 2 rings (SSSR count). The highest BCUT2D eigenvalue weighted by atomic mass is 16.5. The van der Waals surface area contributed by atoms with E-state index in [-0.39, 0.29) is 24.4 Å². The van der Waals surface area contributed by atoms with Gasteiger partial charge in [0.2, 0.25) is 0 Å². The van der Waals surface area contributed by atoms with E-state index < -0.39 is 24.5 Å². The second-order valence-electron chi connectivity index (χ2n) is 6.01. The quantitative estimate of drug-likeness (QED) is 0.672. The lowest BCUT2D eigenvalue weighted by Gasteiger charge is -2.10. The van der Waals surface area contributed by atoms with Crippen molar-refractivity contribution in [2.45, 2.75) is 27.3 Å². The Labute approximate surface area is 163 Å². The van der Waals surface area contributed by atoms with Crippen LogP contribution in [0.2, 0.25) is 0 Å². The number of carbonyl (C=O) groups is 3. The molecule has 0 radical (unpaired) electrons. The van der Waals surface area contributed by atoms with Gasteiger partial charge in [0.25, 0.3) is 5.91 Å². The third kappa shape index (κ3) is 4.91. The molecule has 0 bridgehead atoms. The van der Waals surface area contributed by atoms with Crippen molar-refractivity contribution >= 4 is 17.8 Å². The Bertz CT molecular complexity index is 872. The van der Waals surface area contributed by atoms with E-state index in [0.29, 0.717) is 17.0 Å². The second kappa shape index (κ2) is 9.59. The summed E-state index contributed by atoms with van der Waals surface area (Å²) < 4.78 is 15.3. The van der Waals surface area contributed by atoms with Gasteiger partial charge in [-0.05, 0) is 32.4 Å². The third-order valence-corrected chi connectivity index (χ3v) is 4.12. The molecule has 0 aliphatic rings. The number of H-pyrrole nitrogens is 1. The van der Waals surface area contributed by atoms with Gasteiger partial charge in [-0.1, -0.05) is 18.2 Å². The van der Waals surface area contributed by atoms with E-state index in [1.807, 2.05) is 18.2 Å². The monoisotopic (exact) mass is 388 g/mol. The van der Waals surface area contributed by atoms with Crippen LogP contribution in [0, 0.1) is 13.8 Å². The number of carbonyl (C=O) groups excluding carboxylic acids is 3. The first-order chi connectivity index (χ1) is 13.4. The van der Waals surface area contributed by atoms with Crippen LogP contribution in [0.5, 0.6) is 5.75 Å². The van der Waals surface area contributed by atoms with Crippen molar-refractivity contribution in [2.24, 2.45) is 0 Å². The number of nitrogens with one attached hydrogen (secondary N) is 2. The molecule has 1 amide bonds. The Balaban J connectivity index is 1.95. The number of aromatic nitrogens is 1. The molecule has 2 aromatic rings. The molecule has 0 aliphatic carbocycles. The lowest BCUT2D eigenvalue weighted by Crippen LogP contribution is -2.28. The number of ether oxygens (including phenoxy) is 3. The lowest BCUT2D eigenvalue weighted by atomic mass is 10.1. The number of aromatic amines is 1. The SMILES string of the molecule is CCOC(=O)c1[nH]c(C)c(C(=O)OCC(=O)NCc2ccccc2OC)c1C. The lowest BCUT2D eigenvalue weighted by molar-refractivity contribution is -0.124. The fourth-order valence-electron chi connectivity index (χ4n) is 2.76. The van der Waals surface area contributed by atoms with Crippen LogP contribution in [0.1, 0.15) is 44.6 Å². The number of rotatable bonds is 8. The van der Waals surface area contributed by atoms with Gasteiger partial charge in [-0.3, -0.25) is 4.79 Å². The summed E-state index contributed by atoms with van der Waals surface area (Å²) in [5, 5.41) is 2.67. The van der Waals surface area contributed by atoms with Crippen molar-refractivity contribution < 1.29 is 28.6 Å². The Morgan fingerprint density at radius 2 is 1.79 bits per heavy atom. The van der Waals surface area contributed by atoms with Gasteiger partial charge in [0, 0.05) is 17.8 Å². The van der Waals surface area contributed by atoms with E-state index in [9.17, 15) is 14.4 Å². The maximum Gasteiger partial charge on any atom is 0.355 e. The van der Waals surface area contributed by atoms with E-state index in [2.05, 4.69) is 10.3 Å². The molecule has 2 N–H and O–H groups in total. The van der Waals surface area contributed by atoms with Gasteiger partial charge < -0.3 is 24.5 Å². The van der Waals surface area contributed by atoms with Crippen LogP contribution in [0.25, 0.3) is 0 Å². The van der Waals surface area contributed by atoms with Crippen LogP contribution in [-0.4, -0.2) is 43.2 Å². The van der Waals surface area contributed by atoms with Gasteiger partial charge in [0.05, 0.1) is 19.3 Å². The number of hydrogen-bond acceptors (Lipinski definition) is 6. The molecule has 0 fully saturated rings. The van der Waals surface area contributed by atoms with Gasteiger partial charge in [-0.15, -0.1) is 0 Å². The number of amides is 1. The molecule has 0 saturated heterocycles. The summed E-state index contributed by atoms with van der Waals surface area (Å²) in [5.41, 5.74) is 2.13. The van der Waals surface area contributed by atoms with Gasteiger partial charge in [-0.25, -0.2) is 9.59 Å². The Morgan fingerprint density at radius 3 is 2.46 bits per heavy atom. The molecule has 28 heavy (non-hydrogen) atoms. The molecule has 0 spiro atoms. The van der Waals surface area contributed by atoms with E-state index >= 15 is 0 Å². The fraction of sp³-hybridized carbons (Fsp3) is 0.350. The van der Waals surface area contributed by atoms with E-state index in [1.54, 1.807) is 33.9 Å². The van der Waals surface area contributed by atoms with Crippen LogP contribution in [0.15, 0.2) is 24.3 Å². The number of methoxy groups -OCH3 is 1. The molecule has 0 unspecified atom stereocenters. The van der Waals surface area contributed by atoms with E-state index in [0.717, 1.165) is 5.56 Å². The summed E-state index contributed by atoms with van der Waals surface area (Å²) in [6.45, 7) is 4.99. The standard InChI is InChI=1S/C20H24N2O6/c1-5-27-20(25)18-12(2)17(13(3)22-18)19(24)28-11-16(23)21-10-14-8-6-7-9-15(14)26-4/h6-9,22H,5,10-11H2,1-4H3,(H,21,23). The van der Waals surface area contributed by atoms with Crippen molar-refractivity contribution in [2.75, 3.05) is 20.3 Å². The molecule has 8 heteroatoms. The van der Waals surface area contributed by atoms with Crippen LogP contribution in [-0.2, 0) is 20.8 Å². The number of aryl methyl sites for hydroxylation is 1. The zero-order valence-corrected chi connectivity index (χ0v) is 16.4. The summed E-state index contributed by atoms with van der Waals surface area (Å²) in [4.78, 5) is 39.1. The average molecular weight is 388 g/mol. The van der Waals surface area contributed by atoms with Crippen molar-refractivity contribution in [3.63, 3.8) is 0 Å². The van der Waals surface area contributed by atoms with Crippen molar-refractivity contribution in [3.8, 4) is 5.75 Å². The van der Waals surface area contributed by atoms with Gasteiger partial charge >= 0.3 is 11.9 Å². The van der Waals surface area contributed by atoms with Crippen LogP contribution in [0.4, 0.5) is 0 Å². The van der Waals surface area contributed by atoms with E-state index in [4.69, 9.17) is 14.2 Å². The predicted molar refractivity (Wildman–Crippen MR) is 101 cm³/mol. The number of hydrogen-bond donors (Lipinski definition) is 2. The third-order valence-electron chi connectivity index (χ3n) is 4.12. The molecular weight excluding hydrogens is 364 g/mol. The van der Waals surface area contributed by atoms with Crippen LogP contribution in [0.3, 0.4) is 0 Å². The maximum absolute atomic E-state index is 12.4. The molecular formula is C20H24N2O6. The Morgan fingerprint density at radius 1 is 1.07 bits per heavy atom. The first kappa shape index (κ1) is 21.0. The molecule has 0 atom stereocenters. The second-order valence-corrected chi connectivity index (χ2v) is 6.01. The molecule has 8 nitrogen and oxygen atoms in total. The Kier molecular flexibility index (Phi) is 7.20. The molecule has 0 saturated carbocycles. The van der Waals surface area contributed by atoms with Crippen LogP contribution >= 0.6 is 0 Å². The largest absolute Gasteiger partial charge is 0.496 e. The number of esters is 2. The smallest absolute Gasteiger partial charge is 0.355 e. The highest BCUT2D eigenvalue weighted by Gasteiger charge is 2.24. The molecule has 150 valence electrons. The fourth-order valence-corrected chi connectivity index (χ4v) is 2.76. The zero-order valence-electron chi connectivity index (χ0n) is 16.4. The molecule has 1 heterocycles. The van der Waals surface area contributed by atoms with E-state index in [1.165, 1.54) is 0 Å². The number of para-hydroxylation sites is 1.